The van der Waals surface area contributed by atoms with E-state index < -0.39 is 19.9 Å². The zero-order valence-corrected chi connectivity index (χ0v) is 14.5. The van der Waals surface area contributed by atoms with Crippen molar-refractivity contribution in [2.75, 3.05) is 23.8 Å². The van der Waals surface area contributed by atoms with Crippen LogP contribution in [0.4, 0.5) is 5.69 Å². The largest absolute Gasteiger partial charge is 0.398 e. The standard InChI is InChI=1S/C10H14BrClN2O4S2/c1-2-19(15,16)4-3-14-20(17,18)9-6-7(12)5-8(13)10(9)11/h5-6,14H,2-4,13H2,1H3. The minimum atomic E-state index is -3.89. The van der Waals surface area contributed by atoms with Gasteiger partial charge in [0.25, 0.3) is 0 Å². The van der Waals surface area contributed by atoms with E-state index in [0.717, 1.165) is 0 Å². The van der Waals surface area contributed by atoms with Crippen molar-refractivity contribution in [3.63, 3.8) is 0 Å². The molecule has 10 heteroatoms. The lowest BCUT2D eigenvalue weighted by Crippen LogP contribution is -2.30. The molecule has 0 radical (unpaired) electrons. The molecule has 0 bridgehead atoms. The number of anilines is 1. The number of halogens is 2. The molecule has 3 N–H and O–H groups in total. The summed E-state index contributed by atoms with van der Waals surface area (Å²) in [5.41, 5.74) is 5.80. The molecule has 0 amide bonds. The second-order valence-electron chi connectivity index (χ2n) is 3.94. The first-order valence-corrected chi connectivity index (χ1v) is 10.0. The summed E-state index contributed by atoms with van der Waals surface area (Å²) in [6.45, 7) is 1.29. The summed E-state index contributed by atoms with van der Waals surface area (Å²) < 4.78 is 49.2. The summed E-state index contributed by atoms with van der Waals surface area (Å²) in [6.07, 6.45) is 0. The van der Waals surface area contributed by atoms with Crippen molar-refractivity contribution in [1.29, 1.82) is 0 Å². The molecule has 20 heavy (non-hydrogen) atoms. The molecular weight excluding hydrogens is 392 g/mol. The van der Waals surface area contributed by atoms with Crippen molar-refractivity contribution in [2.24, 2.45) is 0 Å². The van der Waals surface area contributed by atoms with Crippen molar-refractivity contribution >= 4 is 53.1 Å². The molecule has 0 aromatic heterocycles. The van der Waals surface area contributed by atoms with Gasteiger partial charge in [-0.25, -0.2) is 21.6 Å². The molecule has 0 saturated heterocycles. The van der Waals surface area contributed by atoms with Crippen molar-refractivity contribution in [1.82, 2.24) is 4.72 Å². The van der Waals surface area contributed by atoms with Crippen molar-refractivity contribution in [3.05, 3.63) is 21.6 Å². The highest BCUT2D eigenvalue weighted by Crippen LogP contribution is 2.31. The molecule has 0 aliphatic carbocycles. The van der Waals surface area contributed by atoms with Gasteiger partial charge in [0.05, 0.1) is 15.1 Å². The van der Waals surface area contributed by atoms with E-state index in [1.165, 1.54) is 19.1 Å². The molecule has 1 aromatic rings. The van der Waals surface area contributed by atoms with Crippen LogP contribution in [-0.4, -0.2) is 34.9 Å². The Kier molecular flexibility index (Phi) is 5.85. The normalized spacial score (nSPS) is 12.6. The number of nitrogens with one attached hydrogen (secondary N) is 1. The predicted molar refractivity (Wildman–Crippen MR) is 83.1 cm³/mol. The Morgan fingerprint density at radius 1 is 1.30 bits per heavy atom. The maximum absolute atomic E-state index is 12.1. The van der Waals surface area contributed by atoms with Crippen LogP contribution in [0.3, 0.4) is 0 Å². The molecule has 0 aliphatic heterocycles. The average Bonchev–Trinajstić information content (AvgIpc) is 2.33. The van der Waals surface area contributed by atoms with Crippen LogP contribution < -0.4 is 10.5 Å². The molecule has 0 unspecified atom stereocenters. The van der Waals surface area contributed by atoms with Crippen LogP contribution in [0.15, 0.2) is 21.5 Å². The highest BCUT2D eigenvalue weighted by atomic mass is 79.9. The third-order valence-electron chi connectivity index (χ3n) is 2.47. The number of nitrogen functional groups attached to an aromatic ring is 1. The maximum Gasteiger partial charge on any atom is 0.241 e. The monoisotopic (exact) mass is 404 g/mol. The van der Waals surface area contributed by atoms with E-state index in [1.807, 2.05) is 0 Å². The Morgan fingerprint density at radius 3 is 2.45 bits per heavy atom. The van der Waals surface area contributed by atoms with Crippen molar-refractivity contribution < 1.29 is 16.8 Å². The van der Waals surface area contributed by atoms with Gasteiger partial charge >= 0.3 is 0 Å². The second kappa shape index (κ2) is 6.61. The van der Waals surface area contributed by atoms with Gasteiger partial charge in [-0.2, -0.15) is 0 Å². The van der Waals surface area contributed by atoms with Crippen molar-refractivity contribution in [2.45, 2.75) is 11.8 Å². The average molecular weight is 406 g/mol. The minimum Gasteiger partial charge on any atom is -0.398 e. The van der Waals surface area contributed by atoms with Crippen LogP contribution in [0.1, 0.15) is 6.92 Å². The molecule has 0 spiro atoms. The number of hydrogen-bond acceptors (Lipinski definition) is 5. The zero-order chi connectivity index (χ0) is 15.6. The molecule has 6 nitrogen and oxygen atoms in total. The van der Waals surface area contributed by atoms with Gasteiger partial charge in [0.2, 0.25) is 10.0 Å². The van der Waals surface area contributed by atoms with Crippen LogP contribution in [-0.2, 0) is 19.9 Å². The van der Waals surface area contributed by atoms with Gasteiger partial charge in [0, 0.05) is 23.0 Å². The van der Waals surface area contributed by atoms with Crippen LogP contribution in [0.2, 0.25) is 5.02 Å². The zero-order valence-electron chi connectivity index (χ0n) is 10.6. The van der Waals surface area contributed by atoms with Crippen LogP contribution in [0.5, 0.6) is 0 Å². The highest BCUT2D eigenvalue weighted by molar-refractivity contribution is 9.10. The van der Waals surface area contributed by atoms with Gasteiger partial charge in [-0.05, 0) is 28.1 Å². The van der Waals surface area contributed by atoms with E-state index in [4.69, 9.17) is 17.3 Å². The Hall–Kier alpha value is -0.350. The Bertz CT molecular complexity index is 704. The smallest absolute Gasteiger partial charge is 0.241 e. The molecule has 0 atom stereocenters. The molecular formula is C10H14BrClN2O4S2. The highest BCUT2D eigenvalue weighted by Gasteiger charge is 2.20. The summed E-state index contributed by atoms with van der Waals surface area (Å²) in [5.74, 6) is -0.307. The predicted octanol–water partition coefficient (Wildman–Crippen LogP) is 1.40. The third-order valence-corrected chi connectivity index (χ3v) is 7.02. The summed E-state index contributed by atoms with van der Waals surface area (Å²) in [4.78, 5) is -0.128. The number of sulfonamides is 1. The Morgan fingerprint density at radius 2 is 1.90 bits per heavy atom. The molecule has 0 aliphatic rings. The van der Waals surface area contributed by atoms with Gasteiger partial charge < -0.3 is 5.73 Å². The minimum absolute atomic E-state index is 0.0392. The quantitative estimate of drug-likeness (QED) is 0.696. The molecule has 114 valence electrons. The Balaban J connectivity index is 2.96. The van der Waals surface area contributed by atoms with Crippen molar-refractivity contribution in [3.8, 4) is 0 Å². The lowest BCUT2D eigenvalue weighted by Gasteiger charge is -2.10. The fraction of sp³-hybridized carbons (Fsp3) is 0.400. The van der Waals surface area contributed by atoms with E-state index >= 15 is 0 Å². The number of benzene rings is 1. The van der Waals surface area contributed by atoms with E-state index in [0.29, 0.717) is 0 Å². The number of rotatable bonds is 6. The summed E-state index contributed by atoms with van der Waals surface area (Å²) in [6, 6.07) is 2.64. The van der Waals surface area contributed by atoms with Crippen LogP contribution >= 0.6 is 27.5 Å². The Labute approximate surface area is 131 Å². The molecule has 1 rings (SSSR count). The number of sulfone groups is 1. The second-order valence-corrected chi connectivity index (χ2v) is 9.38. The SMILES string of the molecule is CCS(=O)(=O)CCNS(=O)(=O)c1cc(Cl)cc(N)c1Br. The van der Waals surface area contributed by atoms with E-state index in [-0.39, 0.29) is 38.1 Å². The fourth-order valence-electron chi connectivity index (χ4n) is 1.33. The molecule has 0 saturated carbocycles. The molecule has 0 heterocycles. The number of nitrogens with two attached hydrogens (primary N) is 1. The lowest BCUT2D eigenvalue weighted by molar-refractivity contribution is 0.581. The fourth-order valence-corrected chi connectivity index (χ4v) is 4.49. The first-order valence-electron chi connectivity index (χ1n) is 5.53. The summed E-state index contributed by atoms with van der Waals surface area (Å²) >= 11 is 8.84. The first kappa shape index (κ1) is 17.7. The van der Waals surface area contributed by atoms with Gasteiger partial charge in [-0.3, -0.25) is 0 Å². The van der Waals surface area contributed by atoms with Gasteiger partial charge in [0.1, 0.15) is 0 Å². The summed E-state index contributed by atoms with van der Waals surface area (Å²) in [7, 11) is -7.13. The van der Waals surface area contributed by atoms with Gasteiger partial charge in [0.15, 0.2) is 9.84 Å². The van der Waals surface area contributed by atoms with E-state index in [2.05, 4.69) is 20.7 Å². The maximum atomic E-state index is 12.1. The van der Waals surface area contributed by atoms with Crippen LogP contribution in [0.25, 0.3) is 0 Å². The number of hydrogen-bond donors (Lipinski definition) is 2. The van der Waals surface area contributed by atoms with Crippen LogP contribution in [0, 0.1) is 0 Å². The van der Waals surface area contributed by atoms with E-state index in [9.17, 15) is 16.8 Å². The topological polar surface area (TPSA) is 106 Å². The molecule has 0 fully saturated rings. The summed E-state index contributed by atoms with van der Waals surface area (Å²) in [5, 5.41) is 0.173. The lowest BCUT2D eigenvalue weighted by atomic mass is 10.3. The third kappa shape index (κ3) is 4.59. The van der Waals surface area contributed by atoms with Gasteiger partial charge in [-0.15, -0.1) is 0 Å². The van der Waals surface area contributed by atoms with E-state index in [1.54, 1.807) is 0 Å². The van der Waals surface area contributed by atoms with Gasteiger partial charge in [-0.1, -0.05) is 18.5 Å². The first-order chi connectivity index (χ1) is 9.09. The molecule has 1 aromatic carbocycles.